The van der Waals surface area contributed by atoms with Gasteiger partial charge in [0.05, 0.1) is 16.8 Å². The van der Waals surface area contributed by atoms with Crippen LogP contribution in [0.1, 0.15) is 36.0 Å². The SMILES string of the molecule is O=C(O)c1cc(N2CCN(c3ccccc3F)CC2)nc2ccc(NC(=O)C3CCCC3)cc12. The lowest BCUT2D eigenvalue weighted by Crippen LogP contribution is -2.47. The molecule has 2 aromatic carbocycles. The smallest absolute Gasteiger partial charge is 0.336 e. The molecule has 0 atom stereocenters. The molecule has 1 amide bonds. The van der Waals surface area contributed by atoms with Crippen molar-refractivity contribution in [2.24, 2.45) is 5.92 Å². The maximum atomic E-state index is 14.2. The van der Waals surface area contributed by atoms with E-state index in [1.165, 1.54) is 6.07 Å². The summed E-state index contributed by atoms with van der Waals surface area (Å²) in [5.74, 6) is -0.688. The highest BCUT2D eigenvalue weighted by molar-refractivity contribution is 6.05. The Morgan fingerprint density at radius 3 is 2.38 bits per heavy atom. The maximum absolute atomic E-state index is 14.2. The van der Waals surface area contributed by atoms with Crippen LogP contribution < -0.4 is 15.1 Å². The number of pyridine rings is 1. The first-order chi connectivity index (χ1) is 16.5. The minimum absolute atomic E-state index is 0.00831. The lowest BCUT2D eigenvalue weighted by atomic mass is 10.1. The van der Waals surface area contributed by atoms with Gasteiger partial charge in [-0.2, -0.15) is 0 Å². The van der Waals surface area contributed by atoms with Crippen LogP contribution >= 0.6 is 0 Å². The molecular weight excluding hydrogens is 435 g/mol. The van der Waals surface area contributed by atoms with E-state index in [9.17, 15) is 19.1 Å². The molecule has 1 saturated carbocycles. The van der Waals surface area contributed by atoms with E-state index < -0.39 is 5.97 Å². The Bertz CT molecular complexity index is 1230. The first kappa shape index (κ1) is 22.1. The molecule has 1 aromatic heterocycles. The topological polar surface area (TPSA) is 85.8 Å². The van der Waals surface area contributed by atoms with Crippen molar-refractivity contribution in [2.75, 3.05) is 41.3 Å². The Balaban J connectivity index is 1.37. The van der Waals surface area contributed by atoms with Gasteiger partial charge in [-0.15, -0.1) is 0 Å². The summed E-state index contributed by atoms with van der Waals surface area (Å²) in [5, 5.41) is 13.3. The molecule has 176 valence electrons. The molecule has 2 N–H and O–H groups in total. The first-order valence-corrected chi connectivity index (χ1v) is 11.7. The van der Waals surface area contributed by atoms with Crippen LogP contribution in [0.15, 0.2) is 48.5 Å². The third kappa shape index (κ3) is 4.40. The van der Waals surface area contributed by atoms with Gasteiger partial charge in [0.25, 0.3) is 0 Å². The first-order valence-electron chi connectivity index (χ1n) is 11.7. The minimum Gasteiger partial charge on any atom is -0.478 e. The van der Waals surface area contributed by atoms with Crippen LogP contribution in [0.4, 0.5) is 21.6 Å². The fraction of sp³-hybridized carbons (Fsp3) is 0.346. The molecule has 0 spiro atoms. The number of fused-ring (bicyclic) bond motifs is 1. The van der Waals surface area contributed by atoms with Crippen molar-refractivity contribution in [3.63, 3.8) is 0 Å². The second-order valence-corrected chi connectivity index (χ2v) is 8.96. The molecule has 2 fully saturated rings. The maximum Gasteiger partial charge on any atom is 0.336 e. The third-order valence-electron chi connectivity index (χ3n) is 6.82. The number of hydrogen-bond acceptors (Lipinski definition) is 5. The molecule has 0 radical (unpaired) electrons. The van der Waals surface area contributed by atoms with Crippen molar-refractivity contribution in [1.29, 1.82) is 0 Å². The van der Waals surface area contributed by atoms with E-state index in [2.05, 4.69) is 5.32 Å². The molecular formula is C26H27FN4O3. The number of amides is 1. The Morgan fingerprint density at radius 1 is 0.971 bits per heavy atom. The van der Waals surface area contributed by atoms with Crippen LogP contribution in [0.5, 0.6) is 0 Å². The van der Waals surface area contributed by atoms with Gasteiger partial charge in [0, 0.05) is 43.2 Å². The Labute approximate surface area is 197 Å². The number of aromatic nitrogens is 1. The molecule has 1 aliphatic heterocycles. The normalized spacial score (nSPS) is 16.7. The van der Waals surface area contributed by atoms with E-state index in [1.807, 2.05) is 15.9 Å². The second-order valence-electron chi connectivity index (χ2n) is 8.96. The van der Waals surface area contributed by atoms with E-state index in [1.54, 1.807) is 36.4 Å². The molecule has 34 heavy (non-hydrogen) atoms. The monoisotopic (exact) mass is 462 g/mol. The number of nitrogens with zero attached hydrogens (tertiary/aromatic N) is 3. The Kier molecular flexibility index (Phi) is 6.04. The lowest BCUT2D eigenvalue weighted by molar-refractivity contribution is -0.119. The number of para-hydroxylation sites is 1. The molecule has 2 heterocycles. The molecule has 0 unspecified atom stereocenters. The molecule has 8 heteroatoms. The molecule has 3 aromatic rings. The molecule has 0 bridgehead atoms. The van der Waals surface area contributed by atoms with Gasteiger partial charge >= 0.3 is 5.97 Å². The highest BCUT2D eigenvalue weighted by Gasteiger charge is 2.24. The van der Waals surface area contributed by atoms with Gasteiger partial charge in [0.1, 0.15) is 11.6 Å². The van der Waals surface area contributed by atoms with Crippen molar-refractivity contribution in [2.45, 2.75) is 25.7 Å². The van der Waals surface area contributed by atoms with Crippen LogP contribution in [-0.4, -0.2) is 48.1 Å². The molecule has 5 rings (SSSR count). The Hall–Kier alpha value is -3.68. The number of nitrogens with one attached hydrogen (secondary N) is 1. The number of piperazine rings is 1. The Morgan fingerprint density at radius 2 is 1.68 bits per heavy atom. The number of carbonyl (C=O) groups excluding carboxylic acids is 1. The second kappa shape index (κ2) is 9.29. The van der Waals surface area contributed by atoms with Gasteiger partial charge in [0.2, 0.25) is 5.91 Å². The number of halogens is 1. The van der Waals surface area contributed by atoms with Crippen LogP contribution in [0.2, 0.25) is 0 Å². The average molecular weight is 463 g/mol. The zero-order chi connectivity index (χ0) is 23.7. The van der Waals surface area contributed by atoms with Gasteiger partial charge in [-0.05, 0) is 49.2 Å². The van der Waals surface area contributed by atoms with Gasteiger partial charge in [-0.25, -0.2) is 14.2 Å². The van der Waals surface area contributed by atoms with E-state index in [4.69, 9.17) is 4.98 Å². The molecule has 1 saturated heterocycles. The average Bonchev–Trinajstić information content (AvgIpc) is 3.39. The summed E-state index contributed by atoms with van der Waals surface area (Å²) in [7, 11) is 0. The highest BCUT2D eigenvalue weighted by atomic mass is 19.1. The summed E-state index contributed by atoms with van der Waals surface area (Å²) >= 11 is 0. The van der Waals surface area contributed by atoms with Crippen LogP contribution in [-0.2, 0) is 4.79 Å². The number of hydrogen-bond donors (Lipinski definition) is 2. The third-order valence-corrected chi connectivity index (χ3v) is 6.82. The van der Waals surface area contributed by atoms with E-state index in [0.717, 1.165) is 25.7 Å². The molecule has 7 nitrogen and oxygen atoms in total. The number of aromatic carboxylic acids is 1. The van der Waals surface area contributed by atoms with Gasteiger partial charge < -0.3 is 20.2 Å². The van der Waals surface area contributed by atoms with Crippen molar-refractivity contribution in [1.82, 2.24) is 4.98 Å². The van der Waals surface area contributed by atoms with E-state index in [0.29, 0.717) is 54.3 Å². The summed E-state index contributed by atoms with van der Waals surface area (Å²) < 4.78 is 14.2. The van der Waals surface area contributed by atoms with Crippen LogP contribution in [0, 0.1) is 11.7 Å². The highest BCUT2D eigenvalue weighted by Crippen LogP contribution is 2.30. The predicted octanol–water partition coefficient (Wildman–Crippen LogP) is 4.53. The zero-order valence-electron chi connectivity index (χ0n) is 18.8. The molecule has 1 aliphatic carbocycles. The fourth-order valence-electron chi connectivity index (χ4n) is 4.95. The predicted molar refractivity (Wildman–Crippen MR) is 130 cm³/mol. The number of benzene rings is 2. The van der Waals surface area contributed by atoms with Crippen molar-refractivity contribution < 1.29 is 19.1 Å². The van der Waals surface area contributed by atoms with E-state index in [-0.39, 0.29) is 23.2 Å². The van der Waals surface area contributed by atoms with Crippen molar-refractivity contribution >= 4 is 40.0 Å². The number of carbonyl (C=O) groups is 2. The summed E-state index contributed by atoms with van der Waals surface area (Å²) in [6.45, 7) is 2.41. The van der Waals surface area contributed by atoms with Gasteiger partial charge in [-0.3, -0.25) is 4.79 Å². The largest absolute Gasteiger partial charge is 0.478 e. The zero-order valence-corrected chi connectivity index (χ0v) is 18.8. The lowest BCUT2D eigenvalue weighted by Gasteiger charge is -2.37. The number of carboxylic acid groups (broad SMARTS) is 1. The number of anilines is 3. The minimum atomic E-state index is -1.04. The fourth-order valence-corrected chi connectivity index (χ4v) is 4.95. The summed E-state index contributed by atoms with van der Waals surface area (Å²) in [6.07, 6.45) is 3.93. The number of carboxylic acids is 1. The summed E-state index contributed by atoms with van der Waals surface area (Å²) in [5.41, 5.74) is 1.87. The van der Waals surface area contributed by atoms with Gasteiger partial charge in [-0.1, -0.05) is 25.0 Å². The van der Waals surface area contributed by atoms with Crippen molar-refractivity contribution in [3.05, 3.63) is 59.9 Å². The quantitative estimate of drug-likeness (QED) is 0.580. The number of rotatable bonds is 5. The van der Waals surface area contributed by atoms with Crippen molar-refractivity contribution in [3.8, 4) is 0 Å². The van der Waals surface area contributed by atoms with Crippen LogP contribution in [0.3, 0.4) is 0 Å². The van der Waals surface area contributed by atoms with Gasteiger partial charge in [0.15, 0.2) is 0 Å². The van der Waals surface area contributed by atoms with E-state index >= 15 is 0 Å². The molecule has 2 aliphatic rings. The summed E-state index contributed by atoms with van der Waals surface area (Å²) in [4.78, 5) is 33.3. The van der Waals surface area contributed by atoms with Crippen LogP contribution in [0.25, 0.3) is 10.9 Å². The summed E-state index contributed by atoms with van der Waals surface area (Å²) in [6, 6.07) is 13.5. The standard InChI is InChI=1S/C26H27FN4O3/c27-21-7-3-4-8-23(21)30-11-13-31(14-12-30)24-16-20(26(33)34)19-15-18(9-10-22(19)29-24)28-25(32)17-5-1-2-6-17/h3-4,7-10,15-17H,1-2,5-6,11-14H2,(H,28,32)(H,33,34).